The van der Waals surface area contributed by atoms with Gasteiger partial charge < -0.3 is 25.1 Å². The highest BCUT2D eigenvalue weighted by Gasteiger charge is 2.27. The number of carbonyl (C=O) groups is 2. The molecule has 186 valence electrons. The maximum atomic E-state index is 12.8. The second-order valence-electron chi connectivity index (χ2n) is 8.38. The minimum atomic E-state index is -0.495. The van der Waals surface area contributed by atoms with E-state index in [0.29, 0.717) is 45.5 Å². The summed E-state index contributed by atoms with van der Waals surface area (Å²) in [6.07, 6.45) is 2.74. The normalized spacial score (nSPS) is 14.9. The van der Waals surface area contributed by atoms with Crippen LogP contribution in [0.15, 0.2) is 23.4 Å². The van der Waals surface area contributed by atoms with Gasteiger partial charge >= 0.3 is 0 Å². The van der Waals surface area contributed by atoms with E-state index in [4.69, 9.17) is 15.2 Å². The Hall–Kier alpha value is -3.05. The van der Waals surface area contributed by atoms with Crippen molar-refractivity contribution in [2.75, 3.05) is 25.3 Å². The van der Waals surface area contributed by atoms with Gasteiger partial charge in [0.15, 0.2) is 22.5 Å². The molecule has 0 spiro atoms. The van der Waals surface area contributed by atoms with Crippen LogP contribution >= 0.6 is 23.1 Å². The van der Waals surface area contributed by atoms with Crippen molar-refractivity contribution in [3.05, 3.63) is 34.2 Å². The number of carbonyl (C=O) groups excluding carboxylic acids is 2. The van der Waals surface area contributed by atoms with Crippen molar-refractivity contribution in [2.24, 2.45) is 11.7 Å². The average molecular weight is 516 g/mol. The zero-order chi connectivity index (χ0) is 25.1. The Balaban J connectivity index is 1.49. The molecule has 0 radical (unpaired) electrons. The van der Waals surface area contributed by atoms with Crippen molar-refractivity contribution in [3.63, 3.8) is 0 Å². The summed E-state index contributed by atoms with van der Waals surface area (Å²) in [6, 6.07) is 5.56. The lowest BCUT2D eigenvalue weighted by Crippen LogP contribution is -2.20. The first kappa shape index (κ1) is 25.1. The van der Waals surface area contributed by atoms with Gasteiger partial charge in [-0.1, -0.05) is 18.7 Å². The van der Waals surface area contributed by atoms with Gasteiger partial charge in [0.2, 0.25) is 5.91 Å². The number of anilines is 1. The average Bonchev–Trinajstić information content (AvgIpc) is 3.42. The minimum absolute atomic E-state index is 0.126. The number of methoxy groups -OCH3 is 2. The third-order valence-electron chi connectivity index (χ3n) is 6.02. The number of benzene rings is 1. The number of nitrogens with zero attached hydrogens (tertiary/aromatic N) is 3. The number of rotatable bonds is 9. The van der Waals surface area contributed by atoms with Crippen molar-refractivity contribution in [2.45, 2.75) is 44.8 Å². The van der Waals surface area contributed by atoms with Crippen LogP contribution in [0.4, 0.5) is 5.00 Å². The predicted molar refractivity (Wildman–Crippen MR) is 138 cm³/mol. The lowest BCUT2D eigenvalue weighted by Gasteiger charge is -2.18. The lowest BCUT2D eigenvalue weighted by atomic mass is 9.88. The van der Waals surface area contributed by atoms with Crippen LogP contribution in [-0.2, 0) is 24.2 Å². The molecule has 2 heterocycles. The third-order valence-corrected chi connectivity index (χ3v) is 8.15. The number of amides is 2. The molecule has 2 amide bonds. The highest BCUT2D eigenvalue weighted by molar-refractivity contribution is 7.99. The van der Waals surface area contributed by atoms with E-state index in [1.165, 1.54) is 23.1 Å². The Bertz CT molecular complexity index is 1250. The van der Waals surface area contributed by atoms with Crippen LogP contribution in [0.25, 0.3) is 11.4 Å². The molecule has 0 bridgehead atoms. The molecular weight excluding hydrogens is 486 g/mol. The molecular formula is C24H29N5O4S2. The molecule has 3 aromatic rings. The summed E-state index contributed by atoms with van der Waals surface area (Å²) >= 11 is 2.75. The van der Waals surface area contributed by atoms with E-state index in [0.717, 1.165) is 35.3 Å². The number of aromatic nitrogens is 3. The van der Waals surface area contributed by atoms with Crippen molar-refractivity contribution < 1.29 is 19.1 Å². The molecule has 0 fully saturated rings. The summed E-state index contributed by atoms with van der Waals surface area (Å²) < 4.78 is 12.7. The maximum absolute atomic E-state index is 12.8. The van der Waals surface area contributed by atoms with Gasteiger partial charge in [0.05, 0.1) is 25.5 Å². The number of thiophene rings is 1. The standard InChI is InChI=1S/C24H29N5O4S2/c1-5-29-22(14-7-9-16(32-3)17(11-14)33-4)27-28-24(29)34-12-19(30)26-23-20(21(25)31)15-8-6-13(2)10-18(15)35-23/h7,9,11,13H,5-6,8,10,12H2,1-4H3,(H2,25,31)(H,26,30). The molecule has 9 nitrogen and oxygen atoms in total. The topological polar surface area (TPSA) is 121 Å². The SMILES string of the molecule is CCn1c(SCC(=O)Nc2sc3c(c2C(N)=O)CCC(C)C3)nnc1-c1ccc(OC)c(OC)c1. The smallest absolute Gasteiger partial charge is 0.251 e. The number of nitrogens with two attached hydrogens (primary N) is 1. The molecule has 3 N–H and O–H groups in total. The molecule has 1 aliphatic carbocycles. The first-order valence-electron chi connectivity index (χ1n) is 11.4. The molecule has 35 heavy (non-hydrogen) atoms. The van der Waals surface area contributed by atoms with E-state index < -0.39 is 5.91 Å². The van der Waals surface area contributed by atoms with Gasteiger partial charge in [-0.2, -0.15) is 0 Å². The molecule has 1 aromatic carbocycles. The highest BCUT2D eigenvalue weighted by atomic mass is 32.2. The van der Waals surface area contributed by atoms with Crippen molar-refractivity contribution >= 4 is 39.9 Å². The largest absolute Gasteiger partial charge is 0.493 e. The molecule has 1 aliphatic rings. The predicted octanol–water partition coefficient (Wildman–Crippen LogP) is 4.00. The zero-order valence-corrected chi connectivity index (χ0v) is 21.8. The first-order chi connectivity index (χ1) is 16.9. The fourth-order valence-corrected chi connectivity index (χ4v) is 6.50. The van der Waals surface area contributed by atoms with Crippen LogP contribution in [0.1, 0.15) is 41.1 Å². The summed E-state index contributed by atoms with van der Waals surface area (Å²) in [5, 5.41) is 12.7. The van der Waals surface area contributed by atoms with Gasteiger partial charge in [-0.05, 0) is 55.9 Å². The Kier molecular flexibility index (Phi) is 7.66. The van der Waals surface area contributed by atoms with Crippen molar-refractivity contribution in [3.8, 4) is 22.9 Å². The summed E-state index contributed by atoms with van der Waals surface area (Å²) in [6.45, 7) is 4.82. The number of fused-ring (bicyclic) bond motifs is 1. The Morgan fingerprint density at radius 2 is 2.03 bits per heavy atom. The number of ether oxygens (including phenoxy) is 2. The van der Waals surface area contributed by atoms with Crippen LogP contribution < -0.4 is 20.5 Å². The van der Waals surface area contributed by atoms with Gasteiger partial charge in [-0.25, -0.2) is 0 Å². The second kappa shape index (κ2) is 10.7. The van der Waals surface area contributed by atoms with Crippen LogP contribution in [0.5, 0.6) is 11.5 Å². The maximum Gasteiger partial charge on any atom is 0.251 e. The van der Waals surface area contributed by atoms with E-state index in [9.17, 15) is 9.59 Å². The number of nitrogens with one attached hydrogen (secondary N) is 1. The monoisotopic (exact) mass is 515 g/mol. The van der Waals surface area contributed by atoms with Gasteiger partial charge in [-0.15, -0.1) is 21.5 Å². The Morgan fingerprint density at radius 1 is 1.26 bits per heavy atom. The molecule has 0 aliphatic heterocycles. The summed E-state index contributed by atoms with van der Waals surface area (Å²) in [5.41, 5.74) is 7.95. The van der Waals surface area contributed by atoms with Crippen molar-refractivity contribution in [1.29, 1.82) is 0 Å². The van der Waals surface area contributed by atoms with E-state index in [2.05, 4.69) is 22.4 Å². The third kappa shape index (κ3) is 5.15. The van der Waals surface area contributed by atoms with E-state index in [-0.39, 0.29) is 11.7 Å². The Morgan fingerprint density at radius 3 is 2.71 bits per heavy atom. The van der Waals surface area contributed by atoms with E-state index in [1.807, 2.05) is 29.7 Å². The minimum Gasteiger partial charge on any atom is -0.493 e. The molecule has 1 atom stereocenters. The zero-order valence-electron chi connectivity index (χ0n) is 20.2. The number of thioether (sulfide) groups is 1. The highest BCUT2D eigenvalue weighted by Crippen LogP contribution is 2.39. The van der Waals surface area contributed by atoms with Gasteiger partial charge in [0.1, 0.15) is 5.00 Å². The summed E-state index contributed by atoms with van der Waals surface area (Å²) in [5.74, 6) is 1.87. The number of hydrogen-bond acceptors (Lipinski definition) is 8. The van der Waals surface area contributed by atoms with Gasteiger partial charge in [0, 0.05) is 17.0 Å². The molecule has 0 saturated heterocycles. The second-order valence-corrected chi connectivity index (χ2v) is 10.4. The quantitative estimate of drug-likeness (QED) is 0.413. The Labute approximate surface area is 212 Å². The van der Waals surface area contributed by atoms with Crippen LogP contribution in [0, 0.1) is 5.92 Å². The molecule has 11 heteroatoms. The van der Waals surface area contributed by atoms with Crippen LogP contribution in [0.2, 0.25) is 0 Å². The van der Waals surface area contributed by atoms with Crippen LogP contribution in [-0.4, -0.2) is 46.6 Å². The van der Waals surface area contributed by atoms with E-state index in [1.54, 1.807) is 14.2 Å². The van der Waals surface area contributed by atoms with Crippen molar-refractivity contribution in [1.82, 2.24) is 14.8 Å². The molecule has 1 unspecified atom stereocenters. The number of primary amides is 1. The van der Waals surface area contributed by atoms with Crippen LogP contribution in [0.3, 0.4) is 0 Å². The molecule has 2 aromatic heterocycles. The lowest BCUT2D eigenvalue weighted by molar-refractivity contribution is -0.113. The molecule has 0 saturated carbocycles. The van der Waals surface area contributed by atoms with Gasteiger partial charge in [0.25, 0.3) is 5.91 Å². The molecule has 4 rings (SSSR count). The first-order valence-corrected chi connectivity index (χ1v) is 13.2. The van der Waals surface area contributed by atoms with E-state index >= 15 is 0 Å². The number of hydrogen-bond donors (Lipinski definition) is 2. The van der Waals surface area contributed by atoms with Gasteiger partial charge in [-0.3, -0.25) is 9.59 Å². The summed E-state index contributed by atoms with van der Waals surface area (Å²) in [7, 11) is 3.17. The summed E-state index contributed by atoms with van der Waals surface area (Å²) in [4.78, 5) is 26.1. The fraction of sp³-hybridized carbons (Fsp3) is 0.417. The fourth-order valence-electron chi connectivity index (χ4n) is 4.26.